The summed E-state index contributed by atoms with van der Waals surface area (Å²) in [7, 11) is 1.53. The maximum Gasteiger partial charge on any atom is 0.408 e. The van der Waals surface area contributed by atoms with E-state index in [9.17, 15) is 18.0 Å². The first-order valence-corrected chi connectivity index (χ1v) is 5.46. The van der Waals surface area contributed by atoms with Gasteiger partial charge in [0, 0.05) is 0 Å². The van der Waals surface area contributed by atoms with Crippen molar-refractivity contribution in [2.75, 3.05) is 13.6 Å². The van der Waals surface area contributed by atoms with Crippen LogP contribution in [0.2, 0.25) is 0 Å². The molecule has 1 fully saturated rings. The predicted molar refractivity (Wildman–Crippen MR) is 61.1 cm³/mol. The maximum absolute atomic E-state index is 12.7. The summed E-state index contributed by atoms with van der Waals surface area (Å²) < 4.78 is 38.2. The van der Waals surface area contributed by atoms with Crippen LogP contribution in [0.25, 0.3) is 0 Å². The number of carbonyl (C=O) groups is 1. The standard InChI is InChI=1S/C10H17F3N2O.ClH/c1-14-6-8(16)15-9(10(11,12)13)7-4-2-3-5-7;/h7,9,14H,2-6H2,1H3,(H,15,16);1H. The number of amides is 1. The van der Waals surface area contributed by atoms with Crippen molar-refractivity contribution in [2.45, 2.75) is 37.9 Å². The zero-order chi connectivity index (χ0) is 12.2. The molecule has 0 saturated heterocycles. The fraction of sp³-hybridized carbons (Fsp3) is 0.900. The SMILES string of the molecule is CNCC(=O)NC(C1CCCC1)C(F)(F)F.Cl. The average molecular weight is 275 g/mol. The van der Waals surface area contributed by atoms with E-state index in [0.717, 1.165) is 12.8 Å². The maximum atomic E-state index is 12.7. The van der Waals surface area contributed by atoms with Gasteiger partial charge in [-0.15, -0.1) is 12.4 Å². The van der Waals surface area contributed by atoms with E-state index >= 15 is 0 Å². The molecule has 0 aromatic heterocycles. The highest BCUT2D eigenvalue weighted by Gasteiger charge is 2.46. The van der Waals surface area contributed by atoms with Gasteiger partial charge >= 0.3 is 6.18 Å². The predicted octanol–water partition coefficient (Wildman–Crippen LogP) is 1.86. The molecular weight excluding hydrogens is 257 g/mol. The number of nitrogens with one attached hydrogen (secondary N) is 2. The van der Waals surface area contributed by atoms with Gasteiger partial charge in [0.25, 0.3) is 0 Å². The molecule has 7 heteroatoms. The van der Waals surface area contributed by atoms with E-state index in [4.69, 9.17) is 0 Å². The van der Waals surface area contributed by atoms with Crippen molar-refractivity contribution >= 4 is 18.3 Å². The van der Waals surface area contributed by atoms with Crippen LogP contribution in [-0.2, 0) is 4.79 Å². The number of hydrogen-bond donors (Lipinski definition) is 2. The van der Waals surface area contributed by atoms with E-state index in [0.29, 0.717) is 12.8 Å². The van der Waals surface area contributed by atoms with Crippen molar-refractivity contribution in [2.24, 2.45) is 5.92 Å². The van der Waals surface area contributed by atoms with Gasteiger partial charge in [0.2, 0.25) is 5.91 Å². The average Bonchev–Trinajstić information content (AvgIpc) is 2.65. The molecule has 3 nitrogen and oxygen atoms in total. The summed E-state index contributed by atoms with van der Waals surface area (Å²) in [6, 6.07) is -1.68. The van der Waals surface area contributed by atoms with Gasteiger partial charge in [0.05, 0.1) is 6.54 Å². The first-order valence-electron chi connectivity index (χ1n) is 5.46. The molecule has 0 bridgehead atoms. The summed E-state index contributed by atoms with van der Waals surface area (Å²) in [4.78, 5) is 11.2. The number of likely N-dealkylation sites (N-methyl/N-ethyl adjacent to an activating group) is 1. The molecule has 0 aliphatic heterocycles. The van der Waals surface area contributed by atoms with E-state index in [1.165, 1.54) is 7.05 Å². The monoisotopic (exact) mass is 274 g/mol. The normalized spacial score (nSPS) is 18.6. The molecule has 102 valence electrons. The third-order valence-corrected chi connectivity index (χ3v) is 2.88. The first kappa shape index (κ1) is 16.5. The molecule has 1 amide bonds. The molecule has 0 aromatic carbocycles. The Morgan fingerprint density at radius 2 is 1.88 bits per heavy atom. The summed E-state index contributed by atoms with van der Waals surface area (Å²) in [6.45, 7) is -0.0840. The van der Waals surface area contributed by atoms with Crippen LogP contribution in [0.4, 0.5) is 13.2 Å². The molecular formula is C10H18ClF3N2O. The van der Waals surface area contributed by atoms with E-state index in [1.807, 2.05) is 0 Å². The second kappa shape index (κ2) is 7.06. The summed E-state index contributed by atoms with van der Waals surface area (Å²) in [5.74, 6) is -1.06. The molecule has 0 spiro atoms. The third-order valence-electron chi connectivity index (χ3n) is 2.88. The van der Waals surface area contributed by atoms with Crippen LogP contribution in [0.15, 0.2) is 0 Å². The lowest BCUT2D eigenvalue weighted by Crippen LogP contribution is -2.51. The molecule has 1 aliphatic carbocycles. The number of hydrogen-bond acceptors (Lipinski definition) is 2. The van der Waals surface area contributed by atoms with Crippen LogP contribution < -0.4 is 10.6 Å². The minimum Gasteiger partial charge on any atom is -0.343 e. The highest BCUT2D eigenvalue weighted by atomic mass is 35.5. The van der Waals surface area contributed by atoms with E-state index < -0.39 is 24.0 Å². The topological polar surface area (TPSA) is 41.1 Å². The Bertz CT molecular complexity index is 242. The van der Waals surface area contributed by atoms with Gasteiger partial charge < -0.3 is 10.6 Å². The summed E-state index contributed by atoms with van der Waals surface area (Å²) in [6.07, 6.45) is -1.62. The van der Waals surface area contributed by atoms with E-state index in [1.54, 1.807) is 0 Å². The highest BCUT2D eigenvalue weighted by molar-refractivity contribution is 5.85. The molecule has 1 aliphatic rings. The second-order valence-electron chi connectivity index (χ2n) is 4.16. The quantitative estimate of drug-likeness (QED) is 0.822. The second-order valence-corrected chi connectivity index (χ2v) is 4.16. The van der Waals surface area contributed by atoms with Crippen molar-refractivity contribution in [3.8, 4) is 0 Å². The van der Waals surface area contributed by atoms with Gasteiger partial charge in [-0.2, -0.15) is 13.2 Å². The summed E-state index contributed by atoms with van der Waals surface area (Å²) in [5, 5.41) is 4.61. The van der Waals surface area contributed by atoms with Crippen molar-refractivity contribution in [3.63, 3.8) is 0 Å². The van der Waals surface area contributed by atoms with E-state index in [2.05, 4.69) is 10.6 Å². The van der Waals surface area contributed by atoms with Crippen LogP contribution in [0.3, 0.4) is 0 Å². The smallest absolute Gasteiger partial charge is 0.343 e. The number of rotatable bonds is 4. The third kappa shape index (κ3) is 5.12. The van der Waals surface area contributed by atoms with Gasteiger partial charge in [0.1, 0.15) is 6.04 Å². The molecule has 0 heterocycles. The summed E-state index contributed by atoms with van der Waals surface area (Å²) >= 11 is 0. The molecule has 17 heavy (non-hydrogen) atoms. The van der Waals surface area contributed by atoms with Gasteiger partial charge in [-0.25, -0.2) is 0 Å². The van der Waals surface area contributed by atoms with Crippen molar-refractivity contribution < 1.29 is 18.0 Å². The molecule has 0 aromatic rings. The van der Waals surface area contributed by atoms with Gasteiger partial charge in [-0.1, -0.05) is 12.8 Å². The molecule has 1 rings (SSSR count). The zero-order valence-corrected chi connectivity index (χ0v) is 10.5. The van der Waals surface area contributed by atoms with Crippen molar-refractivity contribution in [3.05, 3.63) is 0 Å². The lowest BCUT2D eigenvalue weighted by Gasteiger charge is -2.26. The summed E-state index contributed by atoms with van der Waals surface area (Å²) in [5.41, 5.74) is 0. The Morgan fingerprint density at radius 1 is 1.35 bits per heavy atom. The van der Waals surface area contributed by atoms with Crippen LogP contribution in [0.1, 0.15) is 25.7 Å². The lowest BCUT2D eigenvalue weighted by atomic mass is 9.97. The highest BCUT2D eigenvalue weighted by Crippen LogP contribution is 2.35. The molecule has 1 unspecified atom stereocenters. The Balaban J connectivity index is 0.00000256. The minimum absolute atomic E-state index is 0. The molecule has 1 atom stereocenters. The fourth-order valence-electron chi connectivity index (χ4n) is 2.14. The number of alkyl halides is 3. The largest absolute Gasteiger partial charge is 0.408 e. The minimum atomic E-state index is -4.35. The van der Waals surface area contributed by atoms with Crippen molar-refractivity contribution in [1.82, 2.24) is 10.6 Å². The Hall–Kier alpha value is -0.490. The van der Waals surface area contributed by atoms with Crippen molar-refractivity contribution in [1.29, 1.82) is 0 Å². The Labute approximate surface area is 105 Å². The number of halogens is 4. The molecule has 1 saturated carbocycles. The Morgan fingerprint density at radius 3 is 2.29 bits per heavy atom. The lowest BCUT2D eigenvalue weighted by molar-refractivity contribution is -0.171. The van der Waals surface area contributed by atoms with E-state index in [-0.39, 0.29) is 19.0 Å². The van der Waals surface area contributed by atoms with Crippen LogP contribution >= 0.6 is 12.4 Å². The number of carbonyl (C=O) groups excluding carboxylic acids is 1. The van der Waals surface area contributed by atoms with Gasteiger partial charge in [-0.05, 0) is 25.8 Å². The van der Waals surface area contributed by atoms with Crippen LogP contribution in [0.5, 0.6) is 0 Å². The van der Waals surface area contributed by atoms with Gasteiger partial charge in [-0.3, -0.25) is 4.79 Å². The first-order chi connectivity index (χ1) is 7.45. The fourth-order valence-corrected chi connectivity index (χ4v) is 2.14. The molecule has 0 radical (unpaired) electrons. The van der Waals surface area contributed by atoms with Gasteiger partial charge in [0.15, 0.2) is 0 Å². The Kier molecular flexibility index (Phi) is 6.85. The van der Waals surface area contributed by atoms with Crippen LogP contribution in [0, 0.1) is 5.92 Å². The molecule has 2 N–H and O–H groups in total. The van der Waals surface area contributed by atoms with Crippen LogP contribution in [-0.4, -0.2) is 31.7 Å². The zero-order valence-electron chi connectivity index (χ0n) is 9.64.